The highest BCUT2D eigenvalue weighted by atomic mass is 15.3. The van der Waals surface area contributed by atoms with Gasteiger partial charge in [-0.2, -0.15) is 0 Å². The lowest BCUT2D eigenvalue weighted by Gasteiger charge is -2.48. The average Bonchev–Trinajstić information content (AvgIpc) is 3.23. The molecule has 1 aliphatic carbocycles. The van der Waals surface area contributed by atoms with Crippen LogP contribution < -0.4 is 10.2 Å². The molecule has 0 aromatic carbocycles. The van der Waals surface area contributed by atoms with Crippen molar-refractivity contribution in [1.29, 1.82) is 0 Å². The summed E-state index contributed by atoms with van der Waals surface area (Å²) in [7, 11) is 0. The summed E-state index contributed by atoms with van der Waals surface area (Å²) >= 11 is 0. The molecule has 0 radical (unpaired) electrons. The van der Waals surface area contributed by atoms with Crippen molar-refractivity contribution >= 4 is 5.69 Å². The number of nitrogens with zero attached hydrogens (tertiary/aromatic N) is 2. The third-order valence-electron chi connectivity index (χ3n) is 5.14. The molecule has 110 valence electrons. The van der Waals surface area contributed by atoms with E-state index in [9.17, 15) is 0 Å². The molecule has 0 spiro atoms. The first-order valence-electron chi connectivity index (χ1n) is 7.99. The molecule has 1 N–H and O–H groups in total. The standard InChI is InChI=1S/C17H27N3/c1-5-15-10-18-17(4,14-7-8-14)11-20(15)16-9-6-12(2)19-13(16)3/h6,9,14-15,18H,5,7-8,10-11H2,1-4H3. The number of aryl methyl sites for hydroxylation is 2. The summed E-state index contributed by atoms with van der Waals surface area (Å²) in [4.78, 5) is 7.27. The highest BCUT2D eigenvalue weighted by Crippen LogP contribution is 2.42. The molecule has 1 saturated heterocycles. The van der Waals surface area contributed by atoms with Crippen molar-refractivity contribution < 1.29 is 0 Å². The predicted molar refractivity (Wildman–Crippen MR) is 84.3 cm³/mol. The number of aromatic nitrogens is 1. The van der Waals surface area contributed by atoms with Crippen molar-refractivity contribution in [3.05, 3.63) is 23.5 Å². The summed E-state index contributed by atoms with van der Waals surface area (Å²) in [6, 6.07) is 5.00. The topological polar surface area (TPSA) is 28.2 Å². The maximum absolute atomic E-state index is 4.66. The fourth-order valence-corrected chi connectivity index (χ4v) is 3.62. The quantitative estimate of drug-likeness (QED) is 0.917. The van der Waals surface area contributed by atoms with E-state index in [0.717, 1.165) is 24.7 Å². The van der Waals surface area contributed by atoms with Crippen molar-refractivity contribution in [1.82, 2.24) is 10.3 Å². The first-order valence-corrected chi connectivity index (χ1v) is 7.99. The molecule has 20 heavy (non-hydrogen) atoms. The van der Waals surface area contributed by atoms with Crippen molar-refractivity contribution in [2.75, 3.05) is 18.0 Å². The van der Waals surface area contributed by atoms with Gasteiger partial charge in [0.25, 0.3) is 0 Å². The van der Waals surface area contributed by atoms with Crippen LogP contribution in [0.5, 0.6) is 0 Å². The fourth-order valence-electron chi connectivity index (χ4n) is 3.62. The number of hydrogen-bond acceptors (Lipinski definition) is 3. The zero-order valence-corrected chi connectivity index (χ0v) is 13.2. The summed E-state index contributed by atoms with van der Waals surface area (Å²) in [5.74, 6) is 0.863. The maximum Gasteiger partial charge on any atom is 0.0609 e. The van der Waals surface area contributed by atoms with E-state index in [-0.39, 0.29) is 5.54 Å². The number of nitrogens with one attached hydrogen (secondary N) is 1. The lowest BCUT2D eigenvalue weighted by Crippen LogP contribution is -2.64. The van der Waals surface area contributed by atoms with Gasteiger partial charge in [-0.15, -0.1) is 0 Å². The molecule has 1 aromatic heterocycles. The monoisotopic (exact) mass is 273 g/mol. The zero-order chi connectivity index (χ0) is 14.3. The first-order chi connectivity index (χ1) is 9.53. The Kier molecular flexibility index (Phi) is 3.49. The molecule has 1 aliphatic heterocycles. The van der Waals surface area contributed by atoms with Gasteiger partial charge in [-0.05, 0) is 58.1 Å². The van der Waals surface area contributed by atoms with Crippen LogP contribution in [0.3, 0.4) is 0 Å². The van der Waals surface area contributed by atoms with Gasteiger partial charge < -0.3 is 10.2 Å². The van der Waals surface area contributed by atoms with E-state index in [0.29, 0.717) is 6.04 Å². The molecular formula is C17H27N3. The smallest absolute Gasteiger partial charge is 0.0609 e. The Hall–Kier alpha value is -1.09. The highest BCUT2D eigenvalue weighted by Gasteiger charge is 2.46. The van der Waals surface area contributed by atoms with E-state index in [4.69, 9.17) is 0 Å². The largest absolute Gasteiger partial charge is 0.364 e. The van der Waals surface area contributed by atoms with Gasteiger partial charge in [0.15, 0.2) is 0 Å². The number of rotatable bonds is 3. The van der Waals surface area contributed by atoms with E-state index < -0.39 is 0 Å². The molecule has 2 atom stereocenters. The Morgan fingerprint density at radius 2 is 2.10 bits per heavy atom. The van der Waals surface area contributed by atoms with Crippen molar-refractivity contribution in [2.45, 2.75) is 58.5 Å². The van der Waals surface area contributed by atoms with Crippen LogP contribution >= 0.6 is 0 Å². The molecule has 3 heteroatoms. The van der Waals surface area contributed by atoms with Crippen LogP contribution in [0.1, 0.15) is 44.5 Å². The van der Waals surface area contributed by atoms with Gasteiger partial charge in [-0.1, -0.05) is 6.92 Å². The van der Waals surface area contributed by atoms with Crippen LogP contribution in [-0.4, -0.2) is 29.7 Å². The van der Waals surface area contributed by atoms with E-state index in [2.05, 4.69) is 55.0 Å². The molecule has 0 amide bonds. The molecule has 3 nitrogen and oxygen atoms in total. The first kappa shape index (κ1) is 13.9. The molecule has 2 heterocycles. The number of anilines is 1. The summed E-state index contributed by atoms with van der Waals surface area (Å²) < 4.78 is 0. The van der Waals surface area contributed by atoms with Crippen LogP contribution in [0.25, 0.3) is 0 Å². The van der Waals surface area contributed by atoms with E-state index in [1.165, 1.54) is 30.6 Å². The molecular weight excluding hydrogens is 246 g/mol. The summed E-state index contributed by atoms with van der Waals surface area (Å²) in [5.41, 5.74) is 3.89. The van der Waals surface area contributed by atoms with Gasteiger partial charge in [-0.3, -0.25) is 4.98 Å². The molecule has 1 saturated carbocycles. The fraction of sp³-hybridized carbons (Fsp3) is 0.706. The van der Waals surface area contributed by atoms with Gasteiger partial charge >= 0.3 is 0 Å². The zero-order valence-electron chi connectivity index (χ0n) is 13.2. The van der Waals surface area contributed by atoms with Crippen LogP contribution in [-0.2, 0) is 0 Å². The van der Waals surface area contributed by atoms with Crippen LogP contribution in [0.2, 0.25) is 0 Å². The van der Waals surface area contributed by atoms with Gasteiger partial charge in [0.2, 0.25) is 0 Å². The summed E-state index contributed by atoms with van der Waals surface area (Å²) in [6.45, 7) is 11.1. The molecule has 0 bridgehead atoms. The van der Waals surface area contributed by atoms with Crippen molar-refractivity contribution in [3.8, 4) is 0 Å². The third-order valence-corrected chi connectivity index (χ3v) is 5.14. The maximum atomic E-state index is 4.66. The molecule has 3 rings (SSSR count). The minimum Gasteiger partial charge on any atom is -0.364 e. The van der Waals surface area contributed by atoms with Gasteiger partial charge in [0.05, 0.1) is 11.4 Å². The summed E-state index contributed by atoms with van der Waals surface area (Å²) in [6.07, 6.45) is 3.96. The van der Waals surface area contributed by atoms with Crippen molar-refractivity contribution in [2.24, 2.45) is 5.92 Å². The second-order valence-corrected chi connectivity index (χ2v) is 6.82. The lowest BCUT2D eigenvalue weighted by molar-refractivity contribution is 0.252. The van der Waals surface area contributed by atoms with Gasteiger partial charge in [-0.25, -0.2) is 0 Å². The Bertz CT molecular complexity index is 495. The predicted octanol–water partition coefficient (Wildman–Crippen LogP) is 3.06. The highest BCUT2D eigenvalue weighted by molar-refractivity contribution is 5.53. The van der Waals surface area contributed by atoms with E-state index in [1.54, 1.807) is 0 Å². The van der Waals surface area contributed by atoms with E-state index >= 15 is 0 Å². The van der Waals surface area contributed by atoms with Crippen LogP contribution in [0.15, 0.2) is 12.1 Å². The minimum absolute atomic E-state index is 0.281. The molecule has 2 fully saturated rings. The van der Waals surface area contributed by atoms with Crippen LogP contribution in [0, 0.1) is 19.8 Å². The normalized spacial score (nSPS) is 30.6. The van der Waals surface area contributed by atoms with E-state index in [1.807, 2.05) is 0 Å². The average molecular weight is 273 g/mol. The molecule has 2 unspecified atom stereocenters. The third kappa shape index (κ3) is 2.44. The summed E-state index contributed by atoms with van der Waals surface area (Å²) in [5, 5.41) is 3.83. The van der Waals surface area contributed by atoms with Crippen molar-refractivity contribution in [3.63, 3.8) is 0 Å². The van der Waals surface area contributed by atoms with Gasteiger partial charge in [0.1, 0.15) is 0 Å². The minimum atomic E-state index is 0.281. The Balaban J connectivity index is 1.90. The lowest BCUT2D eigenvalue weighted by atomic mass is 9.90. The molecule has 2 aliphatic rings. The Labute approximate surface area is 122 Å². The second-order valence-electron chi connectivity index (χ2n) is 6.82. The van der Waals surface area contributed by atoms with Gasteiger partial charge in [0, 0.05) is 30.4 Å². The SMILES string of the molecule is CCC1CNC(C)(C2CC2)CN1c1ccc(C)nc1C. The van der Waals surface area contributed by atoms with Crippen LogP contribution in [0.4, 0.5) is 5.69 Å². The number of hydrogen-bond donors (Lipinski definition) is 1. The Morgan fingerprint density at radius 1 is 1.35 bits per heavy atom. The number of pyridine rings is 1. The Morgan fingerprint density at radius 3 is 2.70 bits per heavy atom. The second kappa shape index (κ2) is 5.03. The number of piperazine rings is 1. The molecule has 1 aromatic rings.